The molecule has 4 nitrogen and oxygen atoms in total. The molecule has 0 bridgehead atoms. The molecule has 0 spiro atoms. The Morgan fingerprint density at radius 3 is 2.53 bits per heavy atom. The van der Waals surface area contributed by atoms with E-state index in [9.17, 15) is 4.79 Å². The van der Waals surface area contributed by atoms with Gasteiger partial charge < -0.3 is 15.1 Å². The number of halogens is 2. The molecule has 2 aliphatic heterocycles. The first-order valence-corrected chi connectivity index (χ1v) is 6.73. The normalized spacial score (nSPS) is 32.2. The lowest BCUT2D eigenvalue weighted by Crippen LogP contribution is -2.58. The fraction of sp³-hybridized carbons (Fsp3) is 0.923. The second kappa shape index (κ2) is 7.67. The van der Waals surface area contributed by atoms with E-state index in [-0.39, 0.29) is 30.2 Å². The zero-order valence-electron chi connectivity index (χ0n) is 12.1. The summed E-state index contributed by atoms with van der Waals surface area (Å²) in [5, 5.41) is 3.36. The Bertz CT molecular complexity index is 296. The largest absolute Gasteiger partial charge is 0.337 e. The molecule has 0 saturated carbocycles. The third-order valence-electron chi connectivity index (χ3n) is 4.21. The summed E-state index contributed by atoms with van der Waals surface area (Å²) < 4.78 is 0. The molecule has 0 aliphatic carbocycles. The SMILES string of the molecule is CC1CN(C)CCN1C(=O)C1(C)CCCNC1.Cl.Cl. The van der Waals surface area contributed by atoms with Crippen molar-refractivity contribution in [1.29, 1.82) is 0 Å². The number of amides is 1. The molecule has 2 aliphatic rings. The van der Waals surface area contributed by atoms with Gasteiger partial charge >= 0.3 is 0 Å². The summed E-state index contributed by atoms with van der Waals surface area (Å²) in [5.41, 5.74) is -0.178. The number of nitrogens with one attached hydrogen (secondary N) is 1. The number of nitrogens with zero attached hydrogens (tertiary/aromatic N) is 2. The van der Waals surface area contributed by atoms with Crippen LogP contribution in [0.5, 0.6) is 0 Å². The lowest BCUT2D eigenvalue weighted by Gasteiger charge is -2.44. The molecule has 2 unspecified atom stereocenters. The summed E-state index contributed by atoms with van der Waals surface area (Å²) >= 11 is 0. The molecule has 2 atom stereocenters. The van der Waals surface area contributed by atoms with Crippen molar-refractivity contribution in [2.24, 2.45) is 5.41 Å². The molecule has 114 valence electrons. The van der Waals surface area contributed by atoms with E-state index in [0.29, 0.717) is 11.9 Å². The number of piperazine rings is 1. The van der Waals surface area contributed by atoms with E-state index in [4.69, 9.17) is 0 Å². The lowest BCUT2D eigenvalue weighted by molar-refractivity contribution is -0.146. The summed E-state index contributed by atoms with van der Waals surface area (Å²) in [6, 6.07) is 0.347. The van der Waals surface area contributed by atoms with Crippen molar-refractivity contribution in [1.82, 2.24) is 15.1 Å². The zero-order valence-corrected chi connectivity index (χ0v) is 13.8. The Kier molecular flexibility index (Phi) is 7.66. The molecule has 1 N–H and O–H groups in total. The minimum atomic E-state index is -0.178. The van der Waals surface area contributed by atoms with Gasteiger partial charge in [0.2, 0.25) is 5.91 Å². The van der Waals surface area contributed by atoms with Gasteiger partial charge in [-0.25, -0.2) is 0 Å². The lowest BCUT2D eigenvalue weighted by atomic mass is 9.81. The number of hydrogen-bond acceptors (Lipinski definition) is 3. The van der Waals surface area contributed by atoms with Gasteiger partial charge in [-0.05, 0) is 40.3 Å². The molecule has 2 heterocycles. The molecule has 2 fully saturated rings. The topological polar surface area (TPSA) is 35.6 Å². The van der Waals surface area contributed by atoms with Crippen LogP contribution in [0.1, 0.15) is 26.7 Å². The highest BCUT2D eigenvalue weighted by Gasteiger charge is 2.40. The van der Waals surface area contributed by atoms with E-state index < -0.39 is 0 Å². The highest BCUT2D eigenvalue weighted by molar-refractivity contribution is 5.85. The number of carbonyl (C=O) groups is 1. The maximum atomic E-state index is 12.7. The van der Waals surface area contributed by atoms with Crippen molar-refractivity contribution in [2.75, 3.05) is 39.8 Å². The third-order valence-corrected chi connectivity index (χ3v) is 4.21. The van der Waals surface area contributed by atoms with Crippen LogP contribution in [0.2, 0.25) is 0 Å². The highest BCUT2D eigenvalue weighted by atomic mass is 35.5. The number of hydrogen-bond donors (Lipinski definition) is 1. The van der Waals surface area contributed by atoms with Gasteiger partial charge in [0.1, 0.15) is 0 Å². The van der Waals surface area contributed by atoms with Crippen molar-refractivity contribution in [2.45, 2.75) is 32.7 Å². The van der Waals surface area contributed by atoms with E-state index >= 15 is 0 Å². The van der Waals surface area contributed by atoms with Crippen LogP contribution in [0.15, 0.2) is 0 Å². The van der Waals surface area contributed by atoms with Crippen LogP contribution in [0.4, 0.5) is 0 Å². The Morgan fingerprint density at radius 2 is 2.00 bits per heavy atom. The molecule has 0 radical (unpaired) electrons. The molecule has 6 heteroatoms. The summed E-state index contributed by atoms with van der Waals surface area (Å²) in [7, 11) is 2.13. The van der Waals surface area contributed by atoms with Gasteiger partial charge in [0, 0.05) is 32.2 Å². The fourth-order valence-electron chi connectivity index (χ4n) is 3.03. The van der Waals surface area contributed by atoms with E-state index in [1.807, 2.05) is 0 Å². The van der Waals surface area contributed by atoms with Crippen LogP contribution in [0.3, 0.4) is 0 Å². The standard InChI is InChI=1S/C13H25N3O.2ClH/c1-11-9-15(3)7-8-16(11)12(17)13(2)5-4-6-14-10-13;;/h11,14H,4-10H2,1-3H3;2*1H. The van der Waals surface area contributed by atoms with E-state index in [2.05, 4.69) is 36.0 Å². The van der Waals surface area contributed by atoms with Crippen molar-refractivity contribution in [3.63, 3.8) is 0 Å². The van der Waals surface area contributed by atoms with Crippen LogP contribution in [-0.4, -0.2) is 61.5 Å². The molecule has 19 heavy (non-hydrogen) atoms. The molecule has 0 aromatic carbocycles. The summed E-state index contributed by atoms with van der Waals surface area (Å²) in [4.78, 5) is 17.1. The Hall–Kier alpha value is -0.0300. The van der Waals surface area contributed by atoms with Crippen LogP contribution >= 0.6 is 24.8 Å². The fourth-order valence-corrected chi connectivity index (χ4v) is 3.03. The van der Waals surface area contributed by atoms with E-state index in [0.717, 1.165) is 45.6 Å². The second-order valence-electron chi connectivity index (χ2n) is 5.95. The van der Waals surface area contributed by atoms with Gasteiger partial charge in [0.05, 0.1) is 5.41 Å². The first kappa shape index (κ1) is 19.0. The molecular weight excluding hydrogens is 285 g/mol. The van der Waals surface area contributed by atoms with Crippen molar-refractivity contribution < 1.29 is 4.79 Å². The Labute approximate surface area is 129 Å². The van der Waals surface area contributed by atoms with Gasteiger partial charge in [-0.1, -0.05) is 0 Å². The quantitative estimate of drug-likeness (QED) is 0.795. The molecule has 1 amide bonds. The van der Waals surface area contributed by atoms with Gasteiger partial charge in [0.25, 0.3) is 0 Å². The average molecular weight is 312 g/mol. The molecule has 0 aromatic heterocycles. The van der Waals surface area contributed by atoms with Crippen molar-refractivity contribution in [3.05, 3.63) is 0 Å². The number of carbonyl (C=O) groups excluding carboxylic acids is 1. The summed E-state index contributed by atoms with van der Waals surface area (Å²) in [6.07, 6.45) is 2.14. The molecule has 2 rings (SSSR count). The van der Waals surface area contributed by atoms with E-state index in [1.54, 1.807) is 0 Å². The van der Waals surface area contributed by atoms with Crippen molar-refractivity contribution in [3.8, 4) is 0 Å². The zero-order chi connectivity index (χ0) is 12.5. The minimum absolute atomic E-state index is 0. The monoisotopic (exact) mass is 311 g/mol. The van der Waals surface area contributed by atoms with Crippen LogP contribution in [0.25, 0.3) is 0 Å². The van der Waals surface area contributed by atoms with Gasteiger partial charge in [0.15, 0.2) is 0 Å². The third kappa shape index (κ3) is 4.22. The molecular formula is C13H27Cl2N3O. The van der Waals surface area contributed by atoms with Crippen LogP contribution in [0, 0.1) is 5.41 Å². The van der Waals surface area contributed by atoms with Gasteiger partial charge in [-0.3, -0.25) is 4.79 Å². The Morgan fingerprint density at radius 1 is 1.32 bits per heavy atom. The number of piperidine rings is 1. The van der Waals surface area contributed by atoms with Gasteiger partial charge in [-0.15, -0.1) is 24.8 Å². The first-order valence-electron chi connectivity index (χ1n) is 6.73. The first-order chi connectivity index (χ1) is 8.03. The summed E-state index contributed by atoms with van der Waals surface area (Å²) in [5.74, 6) is 0.352. The smallest absolute Gasteiger partial charge is 0.230 e. The maximum absolute atomic E-state index is 12.7. The summed E-state index contributed by atoms with van der Waals surface area (Å²) in [6.45, 7) is 9.05. The van der Waals surface area contributed by atoms with Gasteiger partial charge in [-0.2, -0.15) is 0 Å². The van der Waals surface area contributed by atoms with E-state index in [1.165, 1.54) is 0 Å². The number of rotatable bonds is 1. The molecule has 2 saturated heterocycles. The van der Waals surface area contributed by atoms with Crippen LogP contribution < -0.4 is 5.32 Å². The van der Waals surface area contributed by atoms with Crippen molar-refractivity contribution >= 4 is 30.7 Å². The minimum Gasteiger partial charge on any atom is -0.337 e. The average Bonchev–Trinajstić information content (AvgIpc) is 2.29. The predicted octanol–water partition coefficient (Wildman–Crippen LogP) is 1.38. The maximum Gasteiger partial charge on any atom is 0.230 e. The predicted molar refractivity (Wildman–Crippen MR) is 83.4 cm³/mol. The molecule has 0 aromatic rings. The number of likely N-dealkylation sites (N-methyl/N-ethyl adjacent to an activating group) is 1. The highest BCUT2D eigenvalue weighted by Crippen LogP contribution is 2.29. The van der Waals surface area contributed by atoms with Crippen LogP contribution in [-0.2, 0) is 4.79 Å². The Balaban J connectivity index is 0.00000162. The second-order valence-corrected chi connectivity index (χ2v) is 5.95.